The fraction of sp³-hybridized carbons (Fsp3) is 0.208. The van der Waals surface area contributed by atoms with E-state index in [9.17, 15) is 18.0 Å². The molecule has 10 heteroatoms. The van der Waals surface area contributed by atoms with Gasteiger partial charge in [-0.1, -0.05) is 36.4 Å². The lowest BCUT2D eigenvalue weighted by Gasteiger charge is -2.15. The number of nitrogens with two attached hydrogens (primary N) is 1. The quantitative estimate of drug-likeness (QED) is 0.246. The van der Waals surface area contributed by atoms with E-state index in [1.54, 1.807) is 57.2 Å². The summed E-state index contributed by atoms with van der Waals surface area (Å²) in [5, 5.41) is 10.2. The molecule has 0 fully saturated rings. The summed E-state index contributed by atoms with van der Waals surface area (Å²) in [6.45, 7) is 5.33. The highest BCUT2D eigenvalue weighted by atomic mass is 32.2. The Morgan fingerprint density at radius 1 is 1.09 bits per heavy atom. The molecule has 34 heavy (non-hydrogen) atoms. The Morgan fingerprint density at radius 3 is 2.41 bits per heavy atom. The lowest BCUT2D eigenvalue weighted by Crippen LogP contribution is -2.28. The van der Waals surface area contributed by atoms with Gasteiger partial charge >= 0.3 is 0 Å². The molecule has 3 aromatic rings. The summed E-state index contributed by atoms with van der Waals surface area (Å²) in [5.74, 6) is -0.433. The monoisotopic (exact) mass is 481 g/mol. The lowest BCUT2D eigenvalue weighted by atomic mass is 10.1. The maximum absolute atomic E-state index is 13.0. The molecule has 0 aliphatic rings. The van der Waals surface area contributed by atoms with Gasteiger partial charge in [-0.2, -0.15) is 0 Å². The summed E-state index contributed by atoms with van der Waals surface area (Å²) in [6.07, 6.45) is 1.07. The van der Waals surface area contributed by atoms with Crippen LogP contribution in [0.5, 0.6) is 0 Å². The van der Waals surface area contributed by atoms with Crippen LogP contribution >= 0.6 is 0 Å². The molecule has 6 N–H and O–H groups in total. The molecule has 0 unspecified atom stereocenters. The summed E-state index contributed by atoms with van der Waals surface area (Å²) in [7, 11) is -3.90. The normalized spacial score (nSPS) is 11.1. The number of nitrogen functional groups attached to an aromatic ring is 1. The van der Waals surface area contributed by atoms with E-state index in [-0.39, 0.29) is 34.9 Å². The number of amidine groups is 1. The third-order valence-electron chi connectivity index (χ3n) is 5.45. The number of aromatic nitrogens is 1. The summed E-state index contributed by atoms with van der Waals surface area (Å²) in [6, 6.07) is 12.0. The second-order valence-corrected chi connectivity index (χ2v) is 9.72. The number of aromatic amines is 1. The third-order valence-corrected chi connectivity index (χ3v) is 6.96. The third kappa shape index (κ3) is 5.70. The molecule has 1 amide bonds. The number of hydrogen-bond donors (Lipinski definition) is 5. The van der Waals surface area contributed by atoms with Crippen molar-refractivity contribution in [3.63, 3.8) is 0 Å². The summed E-state index contributed by atoms with van der Waals surface area (Å²) >= 11 is 0. The summed E-state index contributed by atoms with van der Waals surface area (Å²) in [4.78, 5) is 27.6. The summed E-state index contributed by atoms with van der Waals surface area (Å²) < 4.78 is 28.5. The Labute approximate surface area is 198 Å². The predicted molar refractivity (Wildman–Crippen MR) is 132 cm³/mol. The number of nitrogens with one attached hydrogen (secondary N) is 4. The van der Waals surface area contributed by atoms with E-state index < -0.39 is 21.5 Å². The highest BCUT2D eigenvalue weighted by molar-refractivity contribution is 7.92. The molecular weight excluding hydrogens is 454 g/mol. The van der Waals surface area contributed by atoms with E-state index in [0.29, 0.717) is 16.7 Å². The first-order valence-corrected chi connectivity index (χ1v) is 12.0. The van der Waals surface area contributed by atoms with E-state index in [1.807, 2.05) is 6.07 Å². The van der Waals surface area contributed by atoms with Crippen LogP contribution in [0.25, 0.3) is 0 Å². The van der Waals surface area contributed by atoms with Gasteiger partial charge < -0.3 is 16.0 Å². The van der Waals surface area contributed by atoms with E-state index in [2.05, 4.69) is 15.0 Å². The second kappa shape index (κ2) is 9.92. The maximum atomic E-state index is 13.0. The molecule has 1 heterocycles. The van der Waals surface area contributed by atoms with Gasteiger partial charge in [0.15, 0.2) is 0 Å². The van der Waals surface area contributed by atoms with Crippen molar-refractivity contribution in [1.29, 1.82) is 5.41 Å². The van der Waals surface area contributed by atoms with Gasteiger partial charge in [-0.15, -0.1) is 0 Å². The van der Waals surface area contributed by atoms with Gasteiger partial charge in [0, 0.05) is 23.9 Å². The average molecular weight is 482 g/mol. The number of hydrogen-bond acceptors (Lipinski definition) is 5. The molecule has 3 rings (SSSR count). The van der Waals surface area contributed by atoms with Gasteiger partial charge in [-0.3, -0.25) is 19.7 Å². The predicted octanol–water partition coefficient (Wildman–Crippen LogP) is 2.24. The zero-order valence-electron chi connectivity index (χ0n) is 19.2. The van der Waals surface area contributed by atoms with Crippen molar-refractivity contribution in [2.45, 2.75) is 38.6 Å². The van der Waals surface area contributed by atoms with Crippen LogP contribution in [-0.4, -0.2) is 25.1 Å². The van der Waals surface area contributed by atoms with E-state index in [1.165, 1.54) is 6.20 Å². The number of carbonyl (C=O) groups excluding carboxylic acids is 1. The Hall–Kier alpha value is -3.92. The van der Waals surface area contributed by atoms with Gasteiger partial charge in [-0.25, -0.2) is 8.42 Å². The highest BCUT2D eigenvalue weighted by Crippen LogP contribution is 2.23. The number of carbonyl (C=O) groups is 1. The minimum Gasteiger partial charge on any atom is -0.384 e. The summed E-state index contributed by atoms with van der Waals surface area (Å²) in [5.41, 5.74) is 8.50. The first kappa shape index (κ1) is 24.7. The van der Waals surface area contributed by atoms with Crippen molar-refractivity contribution in [3.05, 3.63) is 92.4 Å². The van der Waals surface area contributed by atoms with Crippen molar-refractivity contribution in [3.8, 4) is 0 Å². The van der Waals surface area contributed by atoms with Crippen LogP contribution in [0.2, 0.25) is 0 Å². The Morgan fingerprint density at radius 2 is 1.76 bits per heavy atom. The average Bonchev–Trinajstić information content (AvgIpc) is 2.79. The van der Waals surface area contributed by atoms with Crippen molar-refractivity contribution in [1.82, 2.24) is 10.3 Å². The standard InChI is InChI=1S/C24H27N5O4S/c1-14-4-5-15(2)21(10-14)34(32,33)29-20-13-28-24(31)19(16(20)3)11-22(30)27-12-17-6-8-18(9-7-17)23(25)26/h4-10,13,29H,11-12H2,1-3H3,(H3,25,26)(H,27,30)(H,28,31). The van der Waals surface area contributed by atoms with Gasteiger partial charge in [-0.05, 0) is 49.1 Å². The van der Waals surface area contributed by atoms with Gasteiger partial charge in [0.2, 0.25) is 5.91 Å². The number of pyridine rings is 1. The first-order chi connectivity index (χ1) is 16.0. The second-order valence-electron chi connectivity index (χ2n) is 8.07. The zero-order chi connectivity index (χ0) is 25.0. The molecule has 2 aromatic carbocycles. The molecule has 0 aliphatic carbocycles. The molecule has 0 spiro atoms. The van der Waals surface area contributed by atoms with E-state index >= 15 is 0 Å². The zero-order valence-corrected chi connectivity index (χ0v) is 20.0. The molecule has 0 aliphatic heterocycles. The minimum absolute atomic E-state index is 0.0432. The van der Waals surface area contributed by atoms with Crippen LogP contribution < -0.4 is 21.3 Å². The van der Waals surface area contributed by atoms with Crippen LogP contribution in [0.1, 0.15) is 33.4 Å². The number of H-pyrrole nitrogens is 1. The number of sulfonamides is 1. The minimum atomic E-state index is -3.90. The highest BCUT2D eigenvalue weighted by Gasteiger charge is 2.20. The van der Waals surface area contributed by atoms with Gasteiger partial charge in [0.05, 0.1) is 17.0 Å². The van der Waals surface area contributed by atoms with Crippen molar-refractivity contribution in [2.24, 2.45) is 5.73 Å². The number of benzene rings is 2. The number of amides is 1. The lowest BCUT2D eigenvalue weighted by molar-refractivity contribution is -0.120. The van der Waals surface area contributed by atoms with Gasteiger partial charge in [0.1, 0.15) is 5.84 Å². The number of aryl methyl sites for hydroxylation is 2. The molecule has 0 radical (unpaired) electrons. The molecule has 0 saturated carbocycles. The van der Waals surface area contributed by atoms with Crippen LogP contribution in [0.15, 0.2) is 58.4 Å². The van der Waals surface area contributed by atoms with Crippen LogP contribution in [0, 0.1) is 26.2 Å². The maximum Gasteiger partial charge on any atom is 0.262 e. The fourth-order valence-corrected chi connectivity index (χ4v) is 4.85. The Kier molecular flexibility index (Phi) is 7.21. The molecule has 178 valence electrons. The smallest absolute Gasteiger partial charge is 0.262 e. The molecule has 1 aromatic heterocycles. The van der Waals surface area contributed by atoms with Crippen molar-refractivity contribution >= 4 is 27.5 Å². The largest absolute Gasteiger partial charge is 0.384 e. The molecule has 0 bridgehead atoms. The van der Waals surface area contributed by atoms with Crippen LogP contribution in [-0.2, 0) is 27.8 Å². The first-order valence-electron chi connectivity index (χ1n) is 10.5. The van der Waals surface area contributed by atoms with Gasteiger partial charge in [0.25, 0.3) is 15.6 Å². The fourth-order valence-electron chi connectivity index (χ4n) is 3.41. The Bertz CT molecular complexity index is 1410. The molecular formula is C24H27N5O4S. The number of anilines is 1. The molecule has 9 nitrogen and oxygen atoms in total. The molecule has 0 saturated heterocycles. The van der Waals surface area contributed by atoms with E-state index in [0.717, 1.165) is 11.1 Å². The van der Waals surface area contributed by atoms with Crippen LogP contribution in [0.4, 0.5) is 5.69 Å². The van der Waals surface area contributed by atoms with Crippen LogP contribution in [0.3, 0.4) is 0 Å². The van der Waals surface area contributed by atoms with E-state index in [4.69, 9.17) is 11.1 Å². The SMILES string of the molecule is Cc1ccc(C)c(S(=O)(=O)Nc2c[nH]c(=O)c(CC(=O)NCc3ccc(C(=N)N)cc3)c2C)c1. The van der Waals surface area contributed by atoms with Crippen molar-refractivity contribution < 1.29 is 13.2 Å². The van der Waals surface area contributed by atoms with Crippen molar-refractivity contribution in [2.75, 3.05) is 4.72 Å². The Balaban J connectivity index is 1.76. The number of rotatable bonds is 8. The molecule has 0 atom stereocenters. The topological polar surface area (TPSA) is 158 Å².